The van der Waals surface area contributed by atoms with Crippen LogP contribution < -0.4 is 28.7 Å². The van der Waals surface area contributed by atoms with Gasteiger partial charge in [-0.1, -0.05) is 48.0 Å². The summed E-state index contributed by atoms with van der Waals surface area (Å²) in [6.45, 7) is -3.11. The molecule has 0 radical (unpaired) electrons. The van der Waals surface area contributed by atoms with Crippen molar-refractivity contribution in [2.24, 2.45) is 23.2 Å². The van der Waals surface area contributed by atoms with Crippen LogP contribution in [0.1, 0.15) is 77.8 Å². The number of hydrogen-bond donors (Lipinski definition) is 20. The normalized spacial score (nSPS) is 28.7. The lowest BCUT2D eigenvalue weighted by Gasteiger charge is -2.32. The number of aryl methyl sites for hydroxylation is 1. The van der Waals surface area contributed by atoms with E-state index < -0.39 is 133 Å². The van der Waals surface area contributed by atoms with Crippen molar-refractivity contribution in [2.75, 3.05) is 78.9 Å². The molecule has 7 fully saturated rings. The van der Waals surface area contributed by atoms with E-state index in [4.69, 9.17) is 81.7 Å². The zero-order chi connectivity index (χ0) is 96.2. The summed E-state index contributed by atoms with van der Waals surface area (Å²) in [5.41, 5.74) is 34.6. The van der Waals surface area contributed by atoms with Crippen LogP contribution in [0.4, 0.5) is 29.0 Å². The molecule has 7 aliphatic rings. The molecule has 25 atom stereocenters. The van der Waals surface area contributed by atoms with Gasteiger partial charge >= 0.3 is 30.2 Å². The van der Waals surface area contributed by atoms with Gasteiger partial charge in [0.05, 0.1) is 118 Å². The molecule has 11 aromatic heterocycles. The van der Waals surface area contributed by atoms with Gasteiger partial charge in [0.25, 0.3) is 0 Å². The predicted octanol–water partition coefficient (Wildman–Crippen LogP) is 2.80. The summed E-state index contributed by atoms with van der Waals surface area (Å²) in [6, 6.07) is 6.87. The van der Waals surface area contributed by atoms with Crippen LogP contribution in [-0.2, 0) is 83.2 Å². The molecule has 0 bridgehead atoms. The fourth-order valence-electron chi connectivity index (χ4n) is 17.2. The monoisotopic (exact) mass is 2110 g/mol. The molecule has 136 heavy (non-hydrogen) atoms. The van der Waals surface area contributed by atoms with Crippen molar-refractivity contribution in [3.63, 3.8) is 0 Å². The van der Waals surface area contributed by atoms with Gasteiger partial charge < -0.3 is 136 Å². The number of fused-ring (bicyclic) bond motifs is 9. The van der Waals surface area contributed by atoms with Crippen LogP contribution in [-0.4, -0.2) is 306 Å². The highest BCUT2D eigenvalue weighted by atomic mass is 32.5. The topological polar surface area (TPSA) is 823 Å². The Labute approximate surface area is 785 Å². The van der Waals surface area contributed by atoms with Crippen molar-refractivity contribution < 1.29 is 135 Å². The maximum absolute atomic E-state index is 11.3. The summed E-state index contributed by atoms with van der Waals surface area (Å²) in [5, 5.41) is 83.5. The lowest BCUT2D eigenvalue weighted by atomic mass is 10.0. The molecule has 6 unspecified atom stereocenters. The Morgan fingerprint density at radius 1 is 0.581 bits per heavy atom. The molecule has 54 nitrogen and oxygen atoms in total. The molecule has 738 valence electrons. The molecule has 19 rings (SSSR count). The van der Waals surface area contributed by atoms with Gasteiger partial charge in [0.1, 0.15) is 95.9 Å². The number of anilines is 5. The van der Waals surface area contributed by atoms with E-state index in [2.05, 4.69) is 108 Å². The van der Waals surface area contributed by atoms with Crippen LogP contribution >= 0.6 is 82.0 Å². The van der Waals surface area contributed by atoms with Crippen LogP contribution in [0, 0.1) is 23.2 Å². The third-order valence-electron chi connectivity index (χ3n) is 24.0. The molecular formula is C71H99N26O28P9S2. The predicted molar refractivity (Wildman–Crippen MR) is 500 cm³/mol. The van der Waals surface area contributed by atoms with Gasteiger partial charge in [-0.3, -0.25) is 36.3 Å². The minimum Gasteiger partial charge on any atom is -0.399 e. The molecule has 0 spiro atoms. The lowest BCUT2D eigenvalue weighted by Crippen LogP contribution is -2.39. The number of imidazole rings is 6. The molecule has 25 N–H and O–H groups in total. The quantitative estimate of drug-likeness (QED) is 0.0139. The van der Waals surface area contributed by atoms with Gasteiger partial charge in [-0.05, 0) is 87.1 Å². The van der Waals surface area contributed by atoms with E-state index in [-0.39, 0.29) is 119 Å². The number of aliphatic hydroxyl groups is 8. The first-order chi connectivity index (χ1) is 63.6. The summed E-state index contributed by atoms with van der Waals surface area (Å²) in [4.78, 5) is 126. The van der Waals surface area contributed by atoms with E-state index >= 15 is 0 Å². The summed E-state index contributed by atoms with van der Waals surface area (Å²) in [5.74, 6) is 6.36. The molecule has 0 amide bonds. The molecule has 1 aromatic carbocycles. The van der Waals surface area contributed by atoms with E-state index in [1.165, 1.54) is 42.5 Å². The number of benzene rings is 1. The number of nitrogens with zero attached hydrogens (tertiary/aromatic N) is 21. The van der Waals surface area contributed by atoms with Crippen LogP contribution in [0.3, 0.4) is 0 Å². The number of nitrogens with two attached hydrogens (primary N) is 5. The van der Waals surface area contributed by atoms with Crippen LogP contribution in [0.2, 0.25) is 0 Å². The SMILES string of the molecule is C.C.C=S(CC)CCCc1nc(N)c2ncn([C@@H]3O[C@H](COP(O)(=S)OP(=O)(O)O)[C@@H](O)[C@H]3O)c2n1.Nc1ccc(-c2cn3cnc4c(ncn4[C@@H]4O[C@H](CPPP=O)[C@@H](O)[C@H]4O)c3n2)cc1.Nc1ncnc2c1ncn2[C@@H]1COC(CP=O)C(P=O)C1.Nc1ncnc2c1ncn2[C@@]12C[C@H]1[C@H](COP(=O)(O)O)[C@@H](O)[C@H]2O.Nc1ncnc2c1ncn2[C@H]1[C@H](O)[C@H](O)[C@@]2(COP(=O)(O)O)C[C@H]12. The highest BCUT2D eigenvalue weighted by molar-refractivity contribution is 8.40. The average Bonchev–Trinajstić information content (AvgIpc) is 1.51. The minimum atomic E-state index is -5.10. The van der Waals surface area contributed by atoms with Crippen molar-refractivity contribution in [1.82, 2.24) is 102 Å². The number of aliphatic hydroxyl groups excluding tert-OH is 8. The van der Waals surface area contributed by atoms with Crippen LogP contribution in [0.15, 0.2) is 87.4 Å². The van der Waals surface area contributed by atoms with Crippen molar-refractivity contribution in [2.45, 2.75) is 157 Å². The summed E-state index contributed by atoms with van der Waals surface area (Å²) >= 11 is 4.53. The maximum atomic E-state index is 11.3. The highest BCUT2D eigenvalue weighted by Gasteiger charge is 2.74. The standard InChI is InChI=1S/C18H19N6O4P3.C16H27N5O9P2S2.2C12H16N5O6P.C11H13N5O3P2.2CH4/c19-10-3-1-9(2-4-10)11-5-23-7-21-16-13(17(23)22-11)20-8-24(16)18-15(26)14(25)12(28-18)6-29-31-30-27;1-3-34(2)6-4-5-10-19-14(17)11-15(20-10)21(8-18-11)16-13(23)12(22)9(29-16)7-28-32(27,33)30-31(24,25)26;13-10-7-11(15-3-14-10)17(4-16-7)12-1-6(12)5(8(18)9(12)19)2-23-24(20,21)22;13-10-6-11(15-3-14-10)17(4-16-6)7-5-1-12(5,9(19)8(7)18)2-23-24(20,21)22;12-10-9-11(14-4-13-10)16(5-15-9)6-1-8(21-18)7(3-20-17)19-2-6;;/h1-5,7-8,12,14-15,18,25-26,29,31H,6,19H2;8-9,12-13,16,22-23H,2-7H2,1H3,(H,27,33)(H2,17,19,20)(H2,24,25,26);3-6,8-9,18-19H,1-2H2,(H2,13,14,15)(H2,20,21,22);3-5,7-9,18-19H,1-2H2,(H2,13,14,15)(H2,20,21,22);4-8H,1-3H2,(H2,12,13,14);2*1H4/t12-,14-,15-,18-;9-,12-,13-,16-,32?,34?;5-,6-,8+,9+,12-;5-,7-,8+,9+,12-;6-,7?,8?;;/m11010../s1. The number of aromatic nitrogens is 21. The first-order valence-electron chi connectivity index (χ1n) is 40.4. The number of phosphoric ester groups is 2. The van der Waals surface area contributed by atoms with E-state index in [9.17, 15) is 73.1 Å². The number of phosphoric acid groups is 3. The zero-order valence-electron chi connectivity index (χ0n) is 69.7. The third kappa shape index (κ3) is 22.3. The van der Waals surface area contributed by atoms with Crippen molar-refractivity contribution in [1.29, 1.82) is 0 Å². The highest BCUT2D eigenvalue weighted by Crippen LogP contribution is 2.69. The number of rotatable bonds is 29. The molecule has 65 heteroatoms. The fraction of sp³-hybridized carbons (Fsp3) is 0.521. The Hall–Kier alpha value is -7.65. The summed E-state index contributed by atoms with van der Waals surface area (Å²) < 4.78 is 111. The summed E-state index contributed by atoms with van der Waals surface area (Å²) in [7, 11) is -13.6. The Morgan fingerprint density at radius 2 is 1.15 bits per heavy atom. The maximum Gasteiger partial charge on any atom is 0.476 e. The Kier molecular flexibility index (Phi) is 33.4. The summed E-state index contributed by atoms with van der Waals surface area (Å²) in [6.07, 6.45) is 5.14. The molecule has 3 saturated heterocycles. The van der Waals surface area contributed by atoms with Crippen molar-refractivity contribution in [3.8, 4) is 11.3 Å². The lowest BCUT2D eigenvalue weighted by molar-refractivity contribution is -0.0486. The number of hydrogen-bond acceptors (Lipinski definition) is 42. The molecule has 14 heterocycles. The van der Waals surface area contributed by atoms with Gasteiger partial charge in [0.15, 0.2) is 100 Å². The number of nitrogen functional groups attached to an aromatic ring is 5. The Balaban J connectivity index is 0.000000145. The van der Waals surface area contributed by atoms with Gasteiger partial charge in [0.2, 0.25) is 0 Å². The Bertz CT molecular complexity index is 6550. The van der Waals surface area contributed by atoms with Gasteiger partial charge in [0, 0.05) is 35.2 Å². The van der Waals surface area contributed by atoms with Crippen molar-refractivity contribution in [3.05, 3.63) is 93.2 Å². The third-order valence-corrected chi connectivity index (χ3v) is 35.5. The van der Waals surface area contributed by atoms with Gasteiger partial charge in [-0.2, -0.15) is 10.5 Å². The first kappa shape index (κ1) is 106. The van der Waals surface area contributed by atoms with Crippen LogP contribution in [0.25, 0.3) is 72.7 Å². The molecule has 3 aliphatic heterocycles. The molecule has 12 aromatic rings. The Morgan fingerprint density at radius 3 is 1.76 bits per heavy atom. The molecule has 4 aliphatic carbocycles. The first-order valence-corrected chi connectivity index (χ1v) is 56.0. The fourth-order valence-corrected chi connectivity index (χ4v) is 25.9. The largest absolute Gasteiger partial charge is 0.476 e. The second-order valence-electron chi connectivity index (χ2n) is 32.0. The van der Waals surface area contributed by atoms with E-state index in [1.807, 2.05) is 35.0 Å². The molecule has 4 saturated carbocycles. The average molecular weight is 2110 g/mol. The minimum absolute atomic E-state index is 0. The zero-order valence-corrected chi connectivity index (χ0v) is 79.6. The second kappa shape index (κ2) is 43.0. The number of ether oxygens (including phenoxy) is 3. The van der Waals surface area contributed by atoms with Crippen LogP contribution in [0.5, 0.6) is 0 Å². The van der Waals surface area contributed by atoms with E-state index in [1.54, 1.807) is 37.1 Å². The van der Waals surface area contributed by atoms with E-state index in [0.717, 1.165) is 29.2 Å². The van der Waals surface area contributed by atoms with Gasteiger partial charge in [-0.15, -0.1) is 0 Å². The molecular weight excluding hydrogens is 2010 g/mol. The van der Waals surface area contributed by atoms with Crippen molar-refractivity contribution >= 4 is 190 Å². The smallest absolute Gasteiger partial charge is 0.399 e. The van der Waals surface area contributed by atoms with Gasteiger partial charge in [-0.25, -0.2) is 92.8 Å². The second-order valence-corrected chi connectivity index (χ2v) is 47.9. The van der Waals surface area contributed by atoms with E-state index in [0.29, 0.717) is 132 Å².